The predicted octanol–water partition coefficient (Wildman–Crippen LogP) is 2.00. The van der Waals surface area contributed by atoms with Crippen molar-refractivity contribution in [2.75, 3.05) is 4.90 Å². The summed E-state index contributed by atoms with van der Waals surface area (Å²) in [6.45, 7) is 0. The third-order valence-corrected chi connectivity index (χ3v) is 4.48. The van der Waals surface area contributed by atoms with Crippen LogP contribution in [0.3, 0.4) is 0 Å². The van der Waals surface area contributed by atoms with Crippen LogP contribution in [-0.2, 0) is 9.59 Å². The lowest BCUT2D eigenvalue weighted by atomic mass is 9.85. The minimum atomic E-state index is -0.104. The minimum Gasteiger partial charge on any atom is -0.274 e. The molecule has 0 radical (unpaired) electrons. The van der Waals surface area contributed by atoms with Crippen molar-refractivity contribution in [1.82, 2.24) is 0 Å². The molecule has 1 aromatic rings. The molecule has 3 nitrogen and oxygen atoms in total. The fraction of sp³-hybridized carbons (Fsp3) is 0.333. The van der Waals surface area contributed by atoms with Crippen molar-refractivity contribution in [2.24, 2.45) is 23.7 Å². The minimum absolute atomic E-state index is 0.00644. The Balaban J connectivity index is 1.77. The molecule has 1 aromatic carbocycles. The number of para-hydroxylation sites is 1. The van der Waals surface area contributed by atoms with Gasteiger partial charge in [0.15, 0.2) is 0 Å². The Kier molecular flexibility index (Phi) is 1.85. The quantitative estimate of drug-likeness (QED) is 0.555. The fourth-order valence-electron chi connectivity index (χ4n) is 3.73. The van der Waals surface area contributed by atoms with E-state index in [1.165, 1.54) is 4.90 Å². The number of carbonyl (C=O) groups excluding carboxylic acids is 2. The normalized spacial score (nSPS) is 36.6. The van der Waals surface area contributed by atoms with Crippen molar-refractivity contribution >= 4 is 17.5 Å². The molecule has 1 aliphatic heterocycles. The summed E-state index contributed by atoms with van der Waals surface area (Å²) in [5, 5.41) is 0. The molecule has 4 atom stereocenters. The highest BCUT2D eigenvalue weighted by molar-refractivity contribution is 6.22. The second-order valence-corrected chi connectivity index (χ2v) is 5.35. The lowest BCUT2D eigenvalue weighted by Gasteiger charge is -2.16. The summed E-state index contributed by atoms with van der Waals surface area (Å²) in [5.74, 6) is 0.344. The van der Waals surface area contributed by atoms with E-state index in [2.05, 4.69) is 12.2 Å². The van der Waals surface area contributed by atoms with E-state index in [0.29, 0.717) is 5.69 Å². The van der Waals surface area contributed by atoms with Crippen molar-refractivity contribution < 1.29 is 9.59 Å². The lowest BCUT2D eigenvalue weighted by Crippen LogP contribution is -2.32. The lowest BCUT2D eigenvalue weighted by molar-refractivity contribution is -0.123. The van der Waals surface area contributed by atoms with Crippen LogP contribution < -0.4 is 4.90 Å². The van der Waals surface area contributed by atoms with Crippen LogP contribution in [0.5, 0.6) is 0 Å². The average Bonchev–Trinajstić information content (AvgIpc) is 3.05. The van der Waals surface area contributed by atoms with Crippen molar-refractivity contribution in [3.05, 3.63) is 42.5 Å². The van der Waals surface area contributed by atoms with Gasteiger partial charge in [0.1, 0.15) is 0 Å². The highest BCUT2D eigenvalue weighted by Gasteiger charge is 2.59. The van der Waals surface area contributed by atoms with E-state index >= 15 is 0 Å². The van der Waals surface area contributed by atoms with Crippen LogP contribution in [0.1, 0.15) is 6.42 Å². The first-order chi connectivity index (χ1) is 8.77. The van der Waals surface area contributed by atoms with Crippen LogP contribution in [0.15, 0.2) is 42.5 Å². The molecule has 1 saturated heterocycles. The number of amides is 2. The van der Waals surface area contributed by atoms with Gasteiger partial charge in [0.2, 0.25) is 11.8 Å². The molecule has 2 bridgehead atoms. The number of carbonyl (C=O) groups is 2. The first-order valence-corrected chi connectivity index (χ1v) is 6.38. The maximum Gasteiger partial charge on any atom is 0.238 e. The molecule has 18 heavy (non-hydrogen) atoms. The number of rotatable bonds is 1. The maximum atomic E-state index is 12.5. The predicted molar refractivity (Wildman–Crippen MR) is 66.7 cm³/mol. The molecule has 2 aliphatic carbocycles. The first kappa shape index (κ1) is 10.1. The topological polar surface area (TPSA) is 37.4 Å². The average molecular weight is 239 g/mol. The van der Waals surface area contributed by atoms with Gasteiger partial charge in [-0.1, -0.05) is 30.4 Å². The van der Waals surface area contributed by atoms with Gasteiger partial charge in [-0.15, -0.1) is 0 Å². The molecule has 4 rings (SSSR count). The van der Waals surface area contributed by atoms with Crippen molar-refractivity contribution in [2.45, 2.75) is 6.42 Å². The van der Waals surface area contributed by atoms with Crippen molar-refractivity contribution in [3.8, 4) is 0 Å². The number of benzene rings is 1. The molecule has 1 saturated carbocycles. The van der Waals surface area contributed by atoms with Gasteiger partial charge in [0.25, 0.3) is 0 Å². The van der Waals surface area contributed by atoms with Crippen LogP contribution >= 0.6 is 0 Å². The Bertz CT molecular complexity index is 533. The molecular formula is C15H13NO2. The molecule has 90 valence electrons. The first-order valence-electron chi connectivity index (χ1n) is 6.38. The summed E-state index contributed by atoms with van der Waals surface area (Å²) in [5.41, 5.74) is 0.710. The van der Waals surface area contributed by atoms with E-state index in [4.69, 9.17) is 0 Å². The Morgan fingerprint density at radius 2 is 1.44 bits per heavy atom. The summed E-state index contributed by atoms with van der Waals surface area (Å²) < 4.78 is 0. The van der Waals surface area contributed by atoms with Crippen LogP contribution in [0, 0.1) is 23.7 Å². The fourth-order valence-corrected chi connectivity index (χ4v) is 3.73. The van der Waals surface area contributed by atoms with E-state index in [9.17, 15) is 9.59 Å². The summed E-state index contributed by atoms with van der Waals surface area (Å²) in [7, 11) is 0. The Morgan fingerprint density at radius 3 is 2.00 bits per heavy atom. The van der Waals surface area contributed by atoms with E-state index in [-0.39, 0.29) is 35.5 Å². The zero-order valence-electron chi connectivity index (χ0n) is 9.82. The van der Waals surface area contributed by atoms with Crippen molar-refractivity contribution in [1.29, 1.82) is 0 Å². The Labute approximate surface area is 105 Å². The van der Waals surface area contributed by atoms with E-state index < -0.39 is 0 Å². The molecule has 1 heterocycles. The van der Waals surface area contributed by atoms with Gasteiger partial charge in [-0.05, 0) is 30.4 Å². The number of hydrogen-bond donors (Lipinski definition) is 0. The highest BCUT2D eigenvalue weighted by Crippen LogP contribution is 2.53. The zero-order chi connectivity index (χ0) is 12.3. The van der Waals surface area contributed by atoms with Gasteiger partial charge in [-0.25, -0.2) is 0 Å². The SMILES string of the molecule is O=C1[C@H]2[C@H](C(=O)N1c1ccccc1)[C@H]1C=C[C@@H]2C1. The Morgan fingerprint density at radius 1 is 0.889 bits per heavy atom. The molecule has 0 N–H and O–H groups in total. The number of imide groups is 1. The molecular weight excluding hydrogens is 226 g/mol. The third kappa shape index (κ3) is 1.09. The molecule has 0 aromatic heterocycles. The van der Waals surface area contributed by atoms with Gasteiger partial charge < -0.3 is 0 Å². The van der Waals surface area contributed by atoms with E-state index in [0.717, 1.165) is 6.42 Å². The molecule has 3 aliphatic rings. The van der Waals surface area contributed by atoms with Gasteiger partial charge in [-0.3, -0.25) is 14.5 Å². The highest BCUT2D eigenvalue weighted by atomic mass is 16.2. The van der Waals surface area contributed by atoms with Crippen LogP contribution in [0.2, 0.25) is 0 Å². The molecule has 3 heteroatoms. The third-order valence-electron chi connectivity index (χ3n) is 4.48. The standard InChI is InChI=1S/C15H13NO2/c17-14-12-9-6-7-10(8-9)13(12)15(18)16(14)11-4-2-1-3-5-11/h1-7,9-10,12-13H,8H2/t9-,10+,12-,13-/m1/s1. The van der Waals surface area contributed by atoms with Gasteiger partial charge in [0.05, 0.1) is 17.5 Å². The smallest absolute Gasteiger partial charge is 0.238 e. The summed E-state index contributed by atoms with van der Waals surface area (Å²) in [4.78, 5) is 26.3. The molecule has 0 spiro atoms. The van der Waals surface area contributed by atoms with Crippen LogP contribution in [0.25, 0.3) is 0 Å². The number of anilines is 1. The summed E-state index contributed by atoms with van der Waals surface area (Å²) >= 11 is 0. The van der Waals surface area contributed by atoms with Crippen LogP contribution in [0.4, 0.5) is 5.69 Å². The monoisotopic (exact) mass is 239 g/mol. The Hall–Kier alpha value is -1.90. The molecule has 2 fully saturated rings. The second kappa shape index (κ2) is 3.31. The van der Waals surface area contributed by atoms with Crippen molar-refractivity contribution in [3.63, 3.8) is 0 Å². The summed E-state index contributed by atoms with van der Waals surface area (Å²) in [6, 6.07) is 9.26. The summed E-state index contributed by atoms with van der Waals surface area (Å²) in [6.07, 6.45) is 5.21. The largest absolute Gasteiger partial charge is 0.274 e. The molecule has 2 amide bonds. The van der Waals surface area contributed by atoms with Gasteiger partial charge in [0, 0.05) is 0 Å². The number of hydrogen-bond acceptors (Lipinski definition) is 2. The number of allylic oxidation sites excluding steroid dienone is 2. The van der Waals surface area contributed by atoms with Gasteiger partial charge in [-0.2, -0.15) is 0 Å². The van der Waals surface area contributed by atoms with Gasteiger partial charge >= 0.3 is 0 Å². The van der Waals surface area contributed by atoms with E-state index in [1.807, 2.05) is 30.3 Å². The number of fused-ring (bicyclic) bond motifs is 5. The maximum absolute atomic E-state index is 12.5. The van der Waals surface area contributed by atoms with Crippen LogP contribution in [-0.4, -0.2) is 11.8 Å². The van der Waals surface area contributed by atoms with E-state index in [1.54, 1.807) is 0 Å². The molecule has 0 unspecified atom stereocenters. The second-order valence-electron chi connectivity index (χ2n) is 5.35. The number of nitrogens with zero attached hydrogens (tertiary/aromatic N) is 1. The zero-order valence-corrected chi connectivity index (χ0v) is 9.82.